The average Bonchev–Trinajstić information content (AvgIpc) is 1.58. The lowest BCUT2D eigenvalue weighted by molar-refractivity contribution is 0.660. The number of benzene rings is 19. The van der Waals surface area contributed by atoms with Crippen molar-refractivity contribution in [2.45, 2.75) is 77.0 Å². The molecule has 0 aromatic heterocycles. The monoisotopic (exact) mass is 1770 g/mol. The molecule has 672 valence electrons. The largest absolute Gasteiger partial charge is 0.345 e. The second-order valence-electron chi connectivity index (χ2n) is 38.3. The quantitative estimate of drug-likeness (QED) is 0.0953. The van der Waals surface area contributed by atoms with Gasteiger partial charge >= 0.3 is 0 Å². The summed E-state index contributed by atoms with van der Waals surface area (Å²) in [6, 6.07) is 171. The third-order valence-electron chi connectivity index (χ3n) is 28.7. The van der Waals surface area contributed by atoms with Crippen molar-refractivity contribution in [3.63, 3.8) is 0 Å². The fraction of sp³-hybridized carbons (Fsp3) is 0.130. The molecule has 4 aliphatic rings. The van der Waals surface area contributed by atoms with Crippen LogP contribution >= 0.6 is 0 Å². The Balaban J connectivity index is 0.000000110. The zero-order chi connectivity index (χ0) is 94.5. The molecule has 0 unspecified atom stereocenters. The van der Waals surface area contributed by atoms with Gasteiger partial charge in [-0.25, -0.2) is 0 Å². The maximum absolute atomic E-state index is 2.34. The summed E-state index contributed by atoms with van der Waals surface area (Å²) in [7, 11) is 10.7. The second-order valence-corrected chi connectivity index (χ2v) is 38.3. The van der Waals surface area contributed by atoms with Gasteiger partial charge < -0.3 is 29.4 Å². The van der Waals surface area contributed by atoms with E-state index in [-0.39, 0.29) is 21.7 Å². The molecular formula is C131H118N6. The Morgan fingerprint density at radius 3 is 0.657 bits per heavy atom. The van der Waals surface area contributed by atoms with Gasteiger partial charge in [-0.1, -0.05) is 389 Å². The summed E-state index contributed by atoms with van der Waals surface area (Å²) >= 11 is 0. The molecular weight excluding hydrogens is 1660 g/mol. The normalized spacial score (nSPS) is 13.1. The van der Waals surface area contributed by atoms with E-state index >= 15 is 0 Å². The van der Waals surface area contributed by atoms with Crippen LogP contribution in [0.15, 0.2) is 479 Å². The molecule has 0 fully saturated rings. The molecule has 0 amide bonds. The van der Waals surface area contributed by atoms with E-state index in [2.05, 4.69) is 593 Å². The molecule has 0 N–H and O–H groups in total. The Kier molecular flexibility index (Phi) is 25.4. The maximum atomic E-state index is 2.34. The maximum Gasteiger partial charge on any atom is 0.0491 e. The highest BCUT2D eigenvalue weighted by Gasteiger charge is 2.41. The van der Waals surface area contributed by atoms with E-state index in [0.29, 0.717) is 0 Å². The Hall–Kier alpha value is -16.0. The summed E-state index contributed by atoms with van der Waals surface area (Å²) in [5.74, 6) is 0. The molecule has 6 nitrogen and oxygen atoms in total. The molecule has 0 spiro atoms. The number of fused-ring (bicyclic) bond motifs is 12. The Morgan fingerprint density at radius 2 is 0.336 bits per heavy atom. The summed E-state index contributed by atoms with van der Waals surface area (Å²) in [6.45, 7) is 18.6. The van der Waals surface area contributed by atoms with Crippen molar-refractivity contribution in [2.75, 3.05) is 64.6 Å². The van der Waals surface area contributed by atoms with Crippen molar-refractivity contribution >= 4 is 73.9 Å². The van der Waals surface area contributed by atoms with Gasteiger partial charge in [-0.3, -0.25) is 0 Å². The molecule has 0 heterocycles. The molecule has 19 aromatic rings. The van der Waals surface area contributed by atoms with Gasteiger partial charge in [0.2, 0.25) is 0 Å². The first-order chi connectivity index (χ1) is 66.6. The first-order valence-electron chi connectivity index (χ1n) is 47.8. The second kappa shape index (κ2) is 38.5. The SMILES string of the molecule is CN(c1ccc(-c2ccccc2)cc1)c1ccc2c(c1)-c1ccccc1C2(C)C.CN(c1ccc(-c2ccccc2)cc1)c1cccc2c1-c1ccccc1C2(C)C.CN(c1ccccc1)c1ccc(-c2ccc(N(c3ccccc3)c3ccccc3)cc2)cc1.CN(c1ccccc1)c1ccc2c(c1)-c1ccccc1C2(C)C.CN(c1ccccc1)c1cccc2c1-c1ccccc1C2(C)C. The van der Waals surface area contributed by atoms with Crippen LogP contribution in [-0.2, 0) is 21.7 Å². The summed E-state index contributed by atoms with van der Waals surface area (Å²) in [5, 5.41) is 0. The molecule has 137 heavy (non-hydrogen) atoms. The van der Waals surface area contributed by atoms with Crippen molar-refractivity contribution in [1.29, 1.82) is 0 Å². The standard InChI is InChI=1S/C31H26N2.2C28H25N.2C22H21N/c1-32(27-11-5-2-6-12-27)28-21-17-25(18-22-28)26-19-23-31(24-20-26)33(29-13-7-3-8-14-29)30-15-9-4-10-16-30;1-28(2)24-13-8-7-12-23(24)27-25(28)14-9-15-26(27)29(3)22-18-16-21(17-19-22)20-10-5-4-6-11-20;1-28(2)26-12-8-7-11-24(26)25-19-23(17-18-27(25)28)29(3)22-15-13-21(14-16-22)20-9-5-4-6-10-20;1-22(2)18-13-8-7-12-17(18)21-19(22)14-9-15-20(21)23(3)16-10-5-4-6-11-16;1-22(2)20-12-8-7-11-18(20)19-15-17(13-14-21(19)22)23(3)16-9-5-4-6-10-16/h2-24H,1H3;2*4-19H,1-3H3;2*4-15H,1-3H3. The lowest BCUT2D eigenvalue weighted by Gasteiger charge is -2.25. The Bertz CT molecular complexity index is 7370. The fourth-order valence-electron chi connectivity index (χ4n) is 20.8. The lowest BCUT2D eigenvalue weighted by Crippen LogP contribution is -2.15. The van der Waals surface area contributed by atoms with Gasteiger partial charge in [0.25, 0.3) is 0 Å². The number of nitrogens with zero attached hydrogens (tertiary/aromatic N) is 6. The van der Waals surface area contributed by atoms with Crippen molar-refractivity contribution in [3.05, 3.63) is 524 Å². The predicted molar refractivity (Wildman–Crippen MR) is 586 cm³/mol. The first-order valence-corrected chi connectivity index (χ1v) is 47.8. The number of para-hydroxylation sites is 5. The fourth-order valence-corrected chi connectivity index (χ4v) is 20.8. The summed E-state index contributed by atoms with van der Waals surface area (Å²) in [6.07, 6.45) is 0. The van der Waals surface area contributed by atoms with E-state index in [4.69, 9.17) is 0 Å². The average molecular weight is 1780 g/mol. The highest BCUT2D eigenvalue weighted by molar-refractivity contribution is 5.95. The topological polar surface area (TPSA) is 19.4 Å². The van der Waals surface area contributed by atoms with Crippen LogP contribution in [0.3, 0.4) is 0 Å². The molecule has 0 atom stereocenters. The van der Waals surface area contributed by atoms with E-state index in [9.17, 15) is 0 Å². The minimum atomic E-state index is 0.0277. The van der Waals surface area contributed by atoms with Crippen molar-refractivity contribution in [3.8, 4) is 77.9 Å². The van der Waals surface area contributed by atoms with Gasteiger partial charge in [0.05, 0.1) is 0 Å². The highest BCUT2D eigenvalue weighted by atomic mass is 15.1. The summed E-state index contributed by atoms with van der Waals surface area (Å²) in [5.41, 5.74) is 45.4. The van der Waals surface area contributed by atoms with Crippen molar-refractivity contribution < 1.29 is 0 Å². The van der Waals surface area contributed by atoms with E-state index in [0.717, 1.165) is 17.1 Å². The number of rotatable bonds is 16. The van der Waals surface area contributed by atoms with Crippen LogP contribution < -0.4 is 29.4 Å². The van der Waals surface area contributed by atoms with Crippen LogP contribution in [0.5, 0.6) is 0 Å². The van der Waals surface area contributed by atoms with Gasteiger partial charge in [-0.2, -0.15) is 0 Å². The molecule has 4 aliphatic carbocycles. The van der Waals surface area contributed by atoms with Crippen LogP contribution in [-0.4, -0.2) is 35.2 Å². The van der Waals surface area contributed by atoms with Crippen molar-refractivity contribution in [1.82, 2.24) is 0 Å². The van der Waals surface area contributed by atoms with Gasteiger partial charge in [-0.15, -0.1) is 0 Å². The van der Waals surface area contributed by atoms with Crippen molar-refractivity contribution in [2.24, 2.45) is 0 Å². The third-order valence-corrected chi connectivity index (χ3v) is 28.7. The lowest BCUT2D eigenvalue weighted by atomic mass is 9.82. The van der Waals surface area contributed by atoms with Crippen LogP contribution in [0.25, 0.3) is 77.9 Å². The van der Waals surface area contributed by atoms with Crippen LogP contribution in [0.4, 0.5) is 73.9 Å². The molecule has 19 aromatic carbocycles. The zero-order valence-corrected chi connectivity index (χ0v) is 80.8. The number of anilines is 13. The zero-order valence-electron chi connectivity index (χ0n) is 80.8. The minimum absolute atomic E-state index is 0.0277. The molecule has 23 rings (SSSR count). The predicted octanol–water partition coefficient (Wildman–Crippen LogP) is 35.0. The highest BCUT2D eigenvalue weighted by Crippen LogP contribution is 2.57. The molecule has 6 heteroatoms. The number of hydrogen-bond acceptors (Lipinski definition) is 6. The summed E-state index contributed by atoms with van der Waals surface area (Å²) in [4.78, 5) is 13.6. The van der Waals surface area contributed by atoms with Crippen LogP contribution in [0.2, 0.25) is 0 Å². The van der Waals surface area contributed by atoms with Gasteiger partial charge in [0, 0.05) is 142 Å². The molecule has 0 saturated heterocycles. The molecule has 0 bridgehead atoms. The van der Waals surface area contributed by atoms with E-state index < -0.39 is 0 Å². The Morgan fingerprint density at radius 1 is 0.139 bits per heavy atom. The first kappa shape index (κ1) is 90.2. The van der Waals surface area contributed by atoms with E-state index in [1.807, 2.05) is 6.07 Å². The molecule has 0 aliphatic heterocycles. The molecule has 0 radical (unpaired) electrons. The summed E-state index contributed by atoms with van der Waals surface area (Å²) < 4.78 is 0. The van der Waals surface area contributed by atoms with Gasteiger partial charge in [0.1, 0.15) is 0 Å². The molecule has 0 saturated carbocycles. The van der Waals surface area contributed by atoms with E-state index in [1.54, 1.807) is 0 Å². The van der Waals surface area contributed by atoms with Crippen LogP contribution in [0, 0.1) is 0 Å². The third kappa shape index (κ3) is 17.8. The van der Waals surface area contributed by atoms with E-state index in [1.165, 1.54) is 179 Å². The Labute approximate surface area is 811 Å². The smallest absolute Gasteiger partial charge is 0.0491 e. The number of hydrogen-bond donors (Lipinski definition) is 0. The van der Waals surface area contributed by atoms with Gasteiger partial charge in [0.15, 0.2) is 0 Å². The van der Waals surface area contributed by atoms with Crippen LogP contribution in [0.1, 0.15) is 99.9 Å². The van der Waals surface area contributed by atoms with Gasteiger partial charge in [-0.05, 0) is 257 Å². The minimum Gasteiger partial charge on any atom is -0.345 e.